The van der Waals surface area contributed by atoms with Gasteiger partial charge >= 0.3 is 11.7 Å². The highest BCUT2D eigenvalue weighted by atomic mass is 35.5. The maximum absolute atomic E-state index is 12.5. The van der Waals surface area contributed by atoms with Crippen molar-refractivity contribution in [1.82, 2.24) is 18.7 Å². The van der Waals surface area contributed by atoms with Crippen molar-refractivity contribution >= 4 is 40.5 Å². The minimum atomic E-state index is -0.528. The molecule has 0 radical (unpaired) electrons. The molecule has 136 valence electrons. The van der Waals surface area contributed by atoms with Gasteiger partial charge in [-0.2, -0.15) is 0 Å². The normalized spacial score (nSPS) is 11.1. The average Bonchev–Trinajstić information content (AvgIpc) is 2.96. The number of carbonyl (C=O) groups is 1. The standard InChI is InChI=1S/C16H15ClN4O4S/c1-19-13-12(14(23)20(2)16(19)24)18-15(21(13)8-11(22)25-3)26-10-6-4-5-9(17)7-10/h4-7H,8H2,1-3H3. The lowest BCUT2D eigenvalue weighted by Gasteiger charge is -2.10. The molecular weight excluding hydrogens is 380 g/mol. The Hall–Kier alpha value is -2.52. The zero-order valence-corrected chi connectivity index (χ0v) is 15.8. The van der Waals surface area contributed by atoms with Crippen LogP contribution in [-0.4, -0.2) is 31.8 Å². The number of hydrogen-bond acceptors (Lipinski definition) is 6. The Bertz CT molecular complexity index is 1130. The zero-order valence-electron chi connectivity index (χ0n) is 14.2. The van der Waals surface area contributed by atoms with Crippen LogP contribution < -0.4 is 11.2 Å². The topological polar surface area (TPSA) is 88.1 Å². The van der Waals surface area contributed by atoms with Gasteiger partial charge < -0.3 is 4.74 Å². The second kappa shape index (κ2) is 7.00. The summed E-state index contributed by atoms with van der Waals surface area (Å²) in [5, 5.41) is 0.930. The second-order valence-electron chi connectivity index (χ2n) is 5.49. The van der Waals surface area contributed by atoms with Gasteiger partial charge in [0.15, 0.2) is 16.3 Å². The van der Waals surface area contributed by atoms with Gasteiger partial charge in [-0.05, 0) is 18.2 Å². The smallest absolute Gasteiger partial charge is 0.332 e. The summed E-state index contributed by atoms with van der Waals surface area (Å²) in [5.74, 6) is -0.523. The van der Waals surface area contributed by atoms with Crippen LogP contribution in [0.25, 0.3) is 11.2 Å². The van der Waals surface area contributed by atoms with E-state index in [1.54, 1.807) is 18.2 Å². The van der Waals surface area contributed by atoms with Crippen LogP contribution in [0.5, 0.6) is 0 Å². The number of aromatic nitrogens is 4. The first kappa shape index (κ1) is 18.3. The number of aryl methyl sites for hydroxylation is 1. The fourth-order valence-electron chi connectivity index (χ4n) is 2.52. The molecule has 1 aromatic carbocycles. The Balaban J connectivity index is 2.27. The largest absolute Gasteiger partial charge is 0.468 e. The first-order valence-corrected chi connectivity index (χ1v) is 8.69. The molecule has 0 amide bonds. The number of methoxy groups -OCH3 is 1. The molecule has 3 rings (SSSR count). The number of esters is 1. The molecule has 3 aromatic rings. The summed E-state index contributed by atoms with van der Waals surface area (Å²) in [5.41, 5.74) is -0.677. The highest BCUT2D eigenvalue weighted by Gasteiger charge is 2.21. The molecule has 0 bridgehead atoms. The minimum Gasteiger partial charge on any atom is -0.468 e. The molecule has 0 aliphatic carbocycles. The number of hydrogen-bond donors (Lipinski definition) is 0. The lowest BCUT2D eigenvalue weighted by Crippen LogP contribution is -2.37. The van der Waals surface area contributed by atoms with E-state index in [9.17, 15) is 14.4 Å². The first-order valence-electron chi connectivity index (χ1n) is 7.50. The van der Waals surface area contributed by atoms with Gasteiger partial charge in [-0.3, -0.25) is 23.3 Å². The van der Waals surface area contributed by atoms with Crippen molar-refractivity contribution in [3.8, 4) is 0 Å². The van der Waals surface area contributed by atoms with Crippen LogP contribution in [0.3, 0.4) is 0 Å². The van der Waals surface area contributed by atoms with E-state index < -0.39 is 17.2 Å². The number of halogens is 1. The third-order valence-corrected chi connectivity index (χ3v) is 5.04. The van der Waals surface area contributed by atoms with E-state index in [2.05, 4.69) is 4.98 Å². The van der Waals surface area contributed by atoms with E-state index in [-0.39, 0.29) is 17.7 Å². The van der Waals surface area contributed by atoms with E-state index in [4.69, 9.17) is 16.3 Å². The Morgan fingerprint density at radius 2 is 2.00 bits per heavy atom. The Morgan fingerprint density at radius 3 is 2.65 bits per heavy atom. The molecule has 26 heavy (non-hydrogen) atoms. The highest BCUT2D eigenvalue weighted by Crippen LogP contribution is 2.30. The lowest BCUT2D eigenvalue weighted by atomic mass is 10.4. The van der Waals surface area contributed by atoms with Crippen molar-refractivity contribution < 1.29 is 9.53 Å². The quantitative estimate of drug-likeness (QED) is 0.622. The molecule has 0 saturated heterocycles. The number of ether oxygens (including phenoxy) is 1. The van der Waals surface area contributed by atoms with Gasteiger partial charge in [0.25, 0.3) is 5.56 Å². The highest BCUT2D eigenvalue weighted by molar-refractivity contribution is 7.99. The number of rotatable bonds is 4. The fraction of sp³-hybridized carbons (Fsp3) is 0.250. The molecule has 8 nitrogen and oxygen atoms in total. The van der Waals surface area contributed by atoms with E-state index in [0.717, 1.165) is 9.46 Å². The molecule has 0 N–H and O–H groups in total. The first-order chi connectivity index (χ1) is 12.3. The summed E-state index contributed by atoms with van der Waals surface area (Å²) < 4.78 is 8.49. The molecule has 0 atom stereocenters. The molecule has 2 aromatic heterocycles. The SMILES string of the molecule is COC(=O)Cn1c(Sc2cccc(Cl)c2)nc2c(=O)n(C)c(=O)n(C)c21. The van der Waals surface area contributed by atoms with Crippen molar-refractivity contribution in [3.05, 3.63) is 50.1 Å². The number of fused-ring (bicyclic) bond motifs is 1. The van der Waals surface area contributed by atoms with Crippen molar-refractivity contribution in [3.63, 3.8) is 0 Å². The van der Waals surface area contributed by atoms with Crippen molar-refractivity contribution in [2.75, 3.05) is 7.11 Å². The van der Waals surface area contributed by atoms with Gasteiger partial charge in [0.05, 0.1) is 7.11 Å². The van der Waals surface area contributed by atoms with Gasteiger partial charge in [-0.15, -0.1) is 0 Å². The summed E-state index contributed by atoms with van der Waals surface area (Å²) in [6, 6.07) is 7.09. The Morgan fingerprint density at radius 1 is 1.27 bits per heavy atom. The van der Waals surface area contributed by atoms with E-state index in [1.807, 2.05) is 6.07 Å². The number of imidazole rings is 1. The predicted octanol–water partition coefficient (Wildman–Crippen LogP) is 1.41. The van der Waals surface area contributed by atoms with Crippen molar-refractivity contribution in [2.24, 2.45) is 14.1 Å². The maximum Gasteiger partial charge on any atom is 0.332 e. The monoisotopic (exact) mass is 394 g/mol. The molecule has 0 unspecified atom stereocenters. The second-order valence-corrected chi connectivity index (χ2v) is 6.97. The van der Waals surface area contributed by atoms with Crippen LogP contribution in [0, 0.1) is 0 Å². The average molecular weight is 395 g/mol. The minimum absolute atomic E-state index is 0.100. The van der Waals surface area contributed by atoms with E-state index in [0.29, 0.717) is 10.2 Å². The molecule has 0 saturated carbocycles. The molecule has 2 heterocycles. The third-order valence-electron chi connectivity index (χ3n) is 3.82. The van der Waals surface area contributed by atoms with Gasteiger partial charge in [0, 0.05) is 24.0 Å². The summed E-state index contributed by atoms with van der Waals surface area (Å²) in [7, 11) is 4.17. The number of nitrogens with zero attached hydrogens (tertiary/aromatic N) is 4. The molecule has 10 heteroatoms. The zero-order chi connectivity index (χ0) is 19.0. The molecular formula is C16H15ClN4O4S. The molecule has 0 spiro atoms. The van der Waals surface area contributed by atoms with Crippen molar-refractivity contribution in [1.29, 1.82) is 0 Å². The Labute approximate surface area is 157 Å². The van der Waals surface area contributed by atoms with Crippen LogP contribution in [0.2, 0.25) is 5.02 Å². The van der Waals surface area contributed by atoms with Gasteiger partial charge in [0.1, 0.15) is 6.54 Å². The van der Waals surface area contributed by atoms with Crippen molar-refractivity contribution in [2.45, 2.75) is 16.6 Å². The van der Waals surface area contributed by atoms with E-state index >= 15 is 0 Å². The van der Waals surface area contributed by atoms with Gasteiger partial charge in [-0.25, -0.2) is 9.78 Å². The molecule has 0 fully saturated rings. The van der Waals surface area contributed by atoms with Crippen LogP contribution >= 0.6 is 23.4 Å². The van der Waals surface area contributed by atoms with Gasteiger partial charge in [0.2, 0.25) is 0 Å². The predicted molar refractivity (Wildman–Crippen MR) is 97.8 cm³/mol. The van der Waals surface area contributed by atoms with Crippen LogP contribution in [0.1, 0.15) is 0 Å². The number of carbonyl (C=O) groups excluding carboxylic acids is 1. The summed E-state index contributed by atoms with van der Waals surface area (Å²) >= 11 is 7.25. The van der Waals surface area contributed by atoms with Crippen LogP contribution in [-0.2, 0) is 30.2 Å². The summed E-state index contributed by atoms with van der Waals surface area (Å²) in [4.78, 5) is 41.7. The number of benzene rings is 1. The maximum atomic E-state index is 12.5. The molecule has 0 aliphatic heterocycles. The van der Waals surface area contributed by atoms with E-state index in [1.165, 1.54) is 42.1 Å². The lowest BCUT2D eigenvalue weighted by molar-refractivity contribution is -0.141. The summed E-state index contributed by atoms with van der Waals surface area (Å²) in [6.07, 6.45) is 0. The fourth-order valence-corrected chi connectivity index (χ4v) is 3.72. The molecule has 0 aliphatic rings. The summed E-state index contributed by atoms with van der Waals surface area (Å²) in [6.45, 7) is -0.184. The third kappa shape index (κ3) is 3.15. The Kier molecular flexibility index (Phi) is 4.92. The van der Waals surface area contributed by atoms with Crippen LogP contribution in [0.15, 0.2) is 43.9 Å². The van der Waals surface area contributed by atoms with Gasteiger partial charge in [-0.1, -0.05) is 29.4 Å². The van der Waals surface area contributed by atoms with Crippen LogP contribution in [0.4, 0.5) is 0 Å².